The third-order valence-electron chi connectivity index (χ3n) is 2.57. The topological polar surface area (TPSA) is 90.6 Å². The van der Waals surface area contributed by atoms with E-state index in [1.54, 1.807) is 39.0 Å². The molecule has 1 rings (SSSR count). The Balaban J connectivity index is 2.77. The van der Waals surface area contributed by atoms with Crippen molar-refractivity contribution in [3.63, 3.8) is 0 Å². The first kappa shape index (κ1) is 16.8. The van der Waals surface area contributed by atoms with Gasteiger partial charge in [-0.05, 0) is 38.5 Å². The van der Waals surface area contributed by atoms with Gasteiger partial charge in [-0.3, -0.25) is 0 Å². The lowest BCUT2D eigenvalue weighted by Crippen LogP contribution is -2.45. The summed E-state index contributed by atoms with van der Waals surface area (Å²) in [7, 11) is 1.27. The van der Waals surface area contributed by atoms with Crippen molar-refractivity contribution < 1.29 is 19.1 Å². The third kappa shape index (κ3) is 6.16. The van der Waals surface area contributed by atoms with Gasteiger partial charge in [-0.1, -0.05) is 12.1 Å². The van der Waals surface area contributed by atoms with Crippen molar-refractivity contribution in [2.24, 2.45) is 0 Å². The number of esters is 1. The SMILES string of the molecule is COC(=O)[C@@H](Cc1cccc(N)c1)NC(=O)OC(C)(C)C. The monoisotopic (exact) mass is 294 g/mol. The Morgan fingerprint density at radius 2 is 2.00 bits per heavy atom. The molecule has 0 saturated carbocycles. The fourth-order valence-corrected chi connectivity index (χ4v) is 1.74. The Hall–Kier alpha value is -2.24. The molecule has 21 heavy (non-hydrogen) atoms. The van der Waals surface area contributed by atoms with E-state index in [1.165, 1.54) is 7.11 Å². The van der Waals surface area contributed by atoms with Crippen LogP contribution in [0.3, 0.4) is 0 Å². The summed E-state index contributed by atoms with van der Waals surface area (Å²) in [6.07, 6.45) is -0.390. The molecular formula is C15H22N2O4. The van der Waals surface area contributed by atoms with E-state index in [0.29, 0.717) is 5.69 Å². The minimum Gasteiger partial charge on any atom is -0.467 e. The second kappa shape index (κ2) is 6.97. The van der Waals surface area contributed by atoms with Crippen LogP contribution < -0.4 is 11.1 Å². The number of benzene rings is 1. The summed E-state index contributed by atoms with van der Waals surface area (Å²) in [6, 6.07) is 6.27. The summed E-state index contributed by atoms with van der Waals surface area (Å²) in [5, 5.41) is 2.52. The number of ether oxygens (including phenoxy) is 2. The van der Waals surface area contributed by atoms with E-state index >= 15 is 0 Å². The molecule has 0 aliphatic carbocycles. The summed E-state index contributed by atoms with van der Waals surface area (Å²) in [5.41, 5.74) is 6.47. The molecule has 0 fully saturated rings. The Bertz CT molecular complexity index is 509. The molecule has 0 heterocycles. The second-order valence-electron chi connectivity index (χ2n) is 5.67. The molecular weight excluding hydrogens is 272 g/mol. The van der Waals surface area contributed by atoms with Crippen molar-refractivity contribution in [2.75, 3.05) is 12.8 Å². The maximum atomic E-state index is 11.8. The number of amides is 1. The number of nitrogens with two attached hydrogens (primary N) is 1. The normalized spacial score (nSPS) is 12.4. The average molecular weight is 294 g/mol. The van der Waals surface area contributed by atoms with Crippen LogP contribution in [0.2, 0.25) is 0 Å². The van der Waals surface area contributed by atoms with Crippen LogP contribution in [-0.4, -0.2) is 30.8 Å². The molecule has 3 N–H and O–H groups in total. The zero-order valence-corrected chi connectivity index (χ0v) is 12.8. The molecule has 1 atom stereocenters. The maximum absolute atomic E-state index is 11.8. The zero-order chi connectivity index (χ0) is 16.0. The molecule has 0 bridgehead atoms. The number of hydrogen-bond acceptors (Lipinski definition) is 5. The molecule has 6 nitrogen and oxygen atoms in total. The summed E-state index contributed by atoms with van der Waals surface area (Å²) >= 11 is 0. The Kier molecular flexibility index (Phi) is 5.58. The number of nitrogen functional groups attached to an aromatic ring is 1. The predicted molar refractivity (Wildman–Crippen MR) is 79.7 cm³/mol. The van der Waals surface area contributed by atoms with E-state index in [4.69, 9.17) is 15.2 Å². The van der Waals surface area contributed by atoms with Gasteiger partial charge in [0.25, 0.3) is 0 Å². The van der Waals surface area contributed by atoms with Crippen LogP contribution in [0.25, 0.3) is 0 Å². The molecule has 0 saturated heterocycles. The van der Waals surface area contributed by atoms with Crippen molar-refractivity contribution in [1.82, 2.24) is 5.32 Å². The molecule has 0 radical (unpaired) electrons. The first-order valence-electron chi connectivity index (χ1n) is 6.63. The molecule has 0 unspecified atom stereocenters. The molecule has 0 aromatic heterocycles. The van der Waals surface area contributed by atoms with Crippen LogP contribution in [0.15, 0.2) is 24.3 Å². The van der Waals surface area contributed by atoms with Crippen molar-refractivity contribution in [2.45, 2.75) is 38.8 Å². The van der Waals surface area contributed by atoms with Gasteiger partial charge in [-0.2, -0.15) is 0 Å². The number of rotatable bonds is 4. The number of carbonyl (C=O) groups excluding carboxylic acids is 2. The largest absolute Gasteiger partial charge is 0.467 e. The molecule has 0 aliphatic rings. The Labute approximate surface area is 124 Å². The lowest BCUT2D eigenvalue weighted by molar-refractivity contribution is -0.143. The smallest absolute Gasteiger partial charge is 0.408 e. The predicted octanol–water partition coefficient (Wildman–Crippen LogP) is 1.88. The fourth-order valence-electron chi connectivity index (χ4n) is 1.74. The van der Waals surface area contributed by atoms with Gasteiger partial charge in [0.2, 0.25) is 0 Å². The summed E-state index contributed by atoms with van der Waals surface area (Å²) in [6.45, 7) is 5.24. The standard InChI is InChI=1S/C15H22N2O4/c1-15(2,3)21-14(19)17-12(13(18)20-4)9-10-6-5-7-11(16)8-10/h5-8,12H,9,16H2,1-4H3,(H,17,19)/t12-/m1/s1. The molecule has 1 aromatic carbocycles. The summed E-state index contributed by atoms with van der Waals surface area (Å²) < 4.78 is 9.85. The lowest BCUT2D eigenvalue weighted by Gasteiger charge is -2.22. The molecule has 6 heteroatoms. The van der Waals surface area contributed by atoms with Gasteiger partial charge in [-0.15, -0.1) is 0 Å². The van der Waals surface area contributed by atoms with Gasteiger partial charge in [0.1, 0.15) is 11.6 Å². The Morgan fingerprint density at radius 1 is 1.33 bits per heavy atom. The van der Waals surface area contributed by atoms with Crippen molar-refractivity contribution >= 4 is 17.7 Å². The fraction of sp³-hybridized carbons (Fsp3) is 0.467. The lowest BCUT2D eigenvalue weighted by atomic mass is 10.1. The number of nitrogens with one attached hydrogen (secondary N) is 1. The third-order valence-corrected chi connectivity index (χ3v) is 2.57. The van der Waals surface area contributed by atoms with Gasteiger partial charge >= 0.3 is 12.1 Å². The van der Waals surface area contributed by atoms with Crippen LogP contribution in [0.5, 0.6) is 0 Å². The van der Waals surface area contributed by atoms with Gasteiger partial charge in [0, 0.05) is 12.1 Å². The highest BCUT2D eigenvalue weighted by atomic mass is 16.6. The van der Waals surface area contributed by atoms with Crippen LogP contribution in [0, 0.1) is 0 Å². The molecule has 116 valence electrons. The van der Waals surface area contributed by atoms with Gasteiger partial charge in [0.05, 0.1) is 7.11 Å². The van der Waals surface area contributed by atoms with Gasteiger partial charge < -0.3 is 20.5 Å². The minimum atomic E-state index is -0.827. The minimum absolute atomic E-state index is 0.275. The highest BCUT2D eigenvalue weighted by Gasteiger charge is 2.25. The second-order valence-corrected chi connectivity index (χ2v) is 5.67. The van der Waals surface area contributed by atoms with Crippen LogP contribution in [-0.2, 0) is 20.7 Å². The van der Waals surface area contributed by atoms with Crippen molar-refractivity contribution in [1.29, 1.82) is 0 Å². The first-order valence-corrected chi connectivity index (χ1v) is 6.63. The van der Waals surface area contributed by atoms with E-state index < -0.39 is 23.7 Å². The number of anilines is 1. The van der Waals surface area contributed by atoms with Gasteiger partial charge in [-0.25, -0.2) is 9.59 Å². The van der Waals surface area contributed by atoms with E-state index in [9.17, 15) is 9.59 Å². The highest BCUT2D eigenvalue weighted by Crippen LogP contribution is 2.11. The van der Waals surface area contributed by atoms with E-state index in [-0.39, 0.29) is 6.42 Å². The van der Waals surface area contributed by atoms with Crippen LogP contribution in [0.1, 0.15) is 26.3 Å². The highest BCUT2D eigenvalue weighted by molar-refractivity contribution is 5.81. The molecule has 1 amide bonds. The van der Waals surface area contributed by atoms with Gasteiger partial charge in [0.15, 0.2) is 0 Å². The Morgan fingerprint density at radius 3 is 2.52 bits per heavy atom. The first-order chi connectivity index (χ1) is 9.71. The number of alkyl carbamates (subject to hydrolysis) is 1. The number of hydrogen-bond donors (Lipinski definition) is 2. The van der Waals surface area contributed by atoms with Crippen LogP contribution in [0.4, 0.5) is 10.5 Å². The van der Waals surface area contributed by atoms with Crippen LogP contribution >= 0.6 is 0 Å². The van der Waals surface area contributed by atoms with E-state index in [0.717, 1.165) is 5.56 Å². The average Bonchev–Trinajstić information content (AvgIpc) is 2.34. The van der Waals surface area contributed by atoms with Crippen molar-refractivity contribution in [3.05, 3.63) is 29.8 Å². The zero-order valence-electron chi connectivity index (χ0n) is 12.8. The van der Waals surface area contributed by atoms with Crippen molar-refractivity contribution in [3.8, 4) is 0 Å². The quantitative estimate of drug-likeness (QED) is 0.653. The number of methoxy groups -OCH3 is 1. The summed E-state index contributed by atoms with van der Waals surface area (Å²) in [5.74, 6) is -0.539. The van der Waals surface area contributed by atoms with E-state index in [2.05, 4.69) is 5.32 Å². The van der Waals surface area contributed by atoms with E-state index in [1.807, 2.05) is 6.07 Å². The molecule has 0 spiro atoms. The maximum Gasteiger partial charge on any atom is 0.408 e. The molecule has 1 aromatic rings. The molecule has 0 aliphatic heterocycles. The number of carbonyl (C=O) groups is 2. The summed E-state index contributed by atoms with van der Waals surface area (Å²) in [4.78, 5) is 23.6.